The van der Waals surface area contributed by atoms with Gasteiger partial charge in [-0.05, 0) is 49.6 Å². The summed E-state index contributed by atoms with van der Waals surface area (Å²) in [6, 6.07) is 18.8. The van der Waals surface area contributed by atoms with Crippen LogP contribution >= 0.6 is 0 Å². The number of nitrogens with zero attached hydrogens (tertiary/aromatic N) is 1. The van der Waals surface area contributed by atoms with Crippen LogP contribution in [0.2, 0.25) is 0 Å². The standard InChI is InChI=1S/C20H24N2O/c1-22(15-14-20(23)21-17-10-3-2-4-11-17)19-13-7-9-16-8-5-6-12-18(16)19/h2-6,8,10-12,19H,7,9,13-15H2,1H3,(H,21,23). The normalized spacial score (nSPS) is 16.9. The van der Waals surface area contributed by atoms with Gasteiger partial charge in [-0.3, -0.25) is 9.69 Å². The molecular weight excluding hydrogens is 284 g/mol. The number of benzene rings is 2. The average Bonchev–Trinajstić information content (AvgIpc) is 2.60. The third kappa shape index (κ3) is 3.99. The summed E-state index contributed by atoms with van der Waals surface area (Å²) in [6.07, 6.45) is 4.09. The second kappa shape index (κ2) is 7.42. The van der Waals surface area contributed by atoms with Crippen molar-refractivity contribution in [2.75, 3.05) is 18.9 Å². The third-order valence-corrected chi connectivity index (χ3v) is 4.62. The van der Waals surface area contributed by atoms with Crippen molar-refractivity contribution in [3.05, 3.63) is 65.7 Å². The largest absolute Gasteiger partial charge is 0.326 e. The van der Waals surface area contributed by atoms with E-state index < -0.39 is 0 Å². The van der Waals surface area contributed by atoms with E-state index >= 15 is 0 Å². The highest BCUT2D eigenvalue weighted by Crippen LogP contribution is 2.33. The van der Waals surface area contributed by atoms with Gasteiger partial charge in [0.2, 0.25) is 5.91 Å². The summed E-state index contributed by atoms with van der Waals surface area (Å²) >= 11 is 0. The summed E-state index contributed by atoms with van der Waals surface area (Å²) in [7, 11) is 2.13. The van der Waals surface area contributed by atoms with Gasteiger partial charge < -0.3 is 5.32 Å². The number of hydrogen-bond donors (Lipinski definition) is 1. The van der Waals surface area contributed by atoms with Crippen molar-refractivity contribution >= 4 is 11.6 Å². The highest BCUT2D eigenvalue weighted by Gasteiger charge is 2.23. The van der Waals surface area contributed by atoms with E-state index in [4.69, 9.17) is 0 Å². The van der Waals surface area contributed by atoms with E-state index in [-0.39, 0.29) is 5.91 Å². The molecule has 120 valence electrons. The number of aryl methyl sites for hydroxylation is 1. The van der Waals surface area contributed by atoms with Gasteiger partial charge in [0, 0.05) is 24.7 Å². The molecule has 23 heavy (non-hydrogen) atoms. The Morgan fingerprint density at radius 1 is 1.13 bits per heavy atom. The molecule has 1 aliphatic rings. The van der Waals surface area contributed by atoms with Gasteiger partial charge in [-0.15, -0.1) is 0 Å². The molecule has 1 amide bonds. The molecule has 1 N–H and O–H groups in total. The van der Waals surface area contributed by atoms with Crippen LogP contribution in [0.5, 0.6) is 0 Å². The minimum absolute atomic E-state index is 0.0761. The predicted molar refractivity (Wildman–Crippen MR) is 94.4 cm³/mol. The van der Waals surface area contributed by atoms with Crippen molar-refractivity contribution in [3.63, 3.8) is 0 Å². The van der Waals surface area contributed by atoms with Gasteiger partial charge in [0.25, 0.3) is 0 Å². The van der Waals surface area contributed by atoms with Gasteiger partial charge >= 0.3 is 0 Å². The van der Waals surface area contributed by atoms with Crippen LogP contribution in [0.3, 0.4) is 0 Å². The highest BCUT2D eigenvalue weighted by atomic mass is 16.1. The van der Waals surface area contributed by atoms with E-state index in [1.54, 1.807) is 0 Å². The van der Waals surface area contributed by atoms with Crippen LogP contribution in [0, 0.1) is 0 Å². The first-order valence-electron chi connectivity index (χ1n) is 8.37. The Kier molecular flexibility index (Phi) is 5.09. The average molecular weight is 308 g/mol. The van der Waals surface area contributed by atoms with Crippen LogP contribution in [0.25, 0.3) is 0 Å². The molecule has 1 atom stereocenters. The maximum atomic E-state index is 12.1. The van der Waals surface area contributed by atoms with Crippen molar-refractivity contribution in [1.29, 1.82) is 0 Å². The van der Waals surface area contributed by atoms with Gasteiger partial charge in [0.05, 0.1) is 0 Å². The topological polar surface area (TPSA) is 32.3 Å². The van der Waals surface area contributed by atoms with Crippen molar-refractivity contribution in [1.82, 2.24) is 4.90 Å². The molecule has 1 unspecified atom stereocenters. The van der Waals surface area contributed by atoms with Gasteiger partial charge in [0.1, 0.15) is 0 Å². The molecule has 0 spiro atoms. The van der Waals surface area contributed by atoms with E-state index in [1.807, 2.05) is 30.3 Å². The molecule has 0 radical (unpaired) electrons. The smallest absolute Gasteiger partial charge is 0.225 e. The zero-order valence-electron chi connectivity index (χ0n) is 13.7. The van der Waals surface area contributed by atoms with Crippen LogP contribution in [0.4, 0.5) is 5.69 Å². The third-order valence-electron chi connectivity index (χ3n) is 4.62. The monoisotopic (exact) mass is 308 g/mol. The Labute approximate surface area is 138 Å². The first kappa shape index (κ1) is 15.8. The van der Waals surface area contributed by atoms with Crippen LogP contribution in [-0.4, -0.2) is 24.4 Å². The fourth-order valence-electron chi connectivity index (χ4n) is 3.36. The molecule has 0 saturated carbocycles. The molecule has 2 aromatic carbocycles. The van der Waals surface area contributed by atoms with E-state index in [2.05, 4.69) is 41.5 Å². The Morgan fingerprint density at radius 3 is 2.70 bits per heavy atom. The quantitative estimate of drug-likeness (QED) is 0.904. The van der Waals surface area contributed by atoms with Crippen molar-refractivity contribution in [2.24, 2.45) is 0 Å². The van der Waals surface area contributed by atoms with Gasteiger partial charge in [0.15, 0.2) is 0 Å². The summed E-state index contributed by atoms with van der Waals surface area (Å²) in [5, 5.41) is 2.95. The summed E-state index contributed by atoms with van der Waals surface area (Å²) < 4.78 is 0. The highest BCUT2D eigenvalue weighted by molar-refractivity contribution is 5.90. The lowest BCUT2D eigenvalue weighted by Gasteiger charge is -2.33. The molecule has 0 aliphatic heterocycles. The molecule has 2 aromatic rings. The molecule has 0 heterocycles. The predicted octanol–water partition coefficient (Wildman–Crippen LogP) is 4.02. The lowest BCUT2D eigenvalue weighted by Crippen LogP contribution is -2.30. The number of fused-ring (bicyclic) bond motifs is 1. The first-order chi connectivity index (χ1) is 11.2. The Balaban J connectivity index is 1.56. The Hall–Kier alpha value is -2.13. The Bertz CT molecular complexity index is 654. The minimum Gasteiger partial charge on any atom is -0.326 e. The molecule has 3 heteroatoms. The number of anilines is 1. The summed E-state index contributed by atoms with van der Waals surface area (Å²) in [6.45, 7) is 0.775. The maximum absolute atomic E-state index is 12.1. The van der Waals surface area contributed by atoms with Crippen LogP contribution in [0.1, 0.15) is 36.4 Å². The molecule has 3 rings (SSSR count). The Morgan fingerprint density at radius 2 is 1.87 bits per heavy atom. The first-order valence-corrected chi connectivity index (χ1v) is 8.37. The lowest BCUT2D eigenvalue weighted by atomic mass is 9.87. The number of para-hydroxylation sites is 1. The van der Waals surface area contributed by atoms with E-state index in [0.717, 1.165) is 12.2 Å². The maximum Gasteiger partial charge on any atom is 0.225 e. The van der Waals surface area contributed by atoms with Gasteiger partial charge in [-0.25, -0.2) is 0 Å². The number of rotatable bonds is 5. The molecule has 0 saturated heterocycles. The molecule has 0 aromatic heterocycles. The minimum atomic E-state index is 0.0761. The lowest BCUT2D eigenvalue weighted by molar-refractivity contribution is -0.116. The summed E-state index contributed by atoms with van der Waals surface area (Å²) in [5.41, 5.74) is 3.76. The second-order valence-corrected chi connectivity index (χ2v) is 6.25. The fraction of sp³-hybridized carbons (Fsp3) is 0.350. The summed E-state index contributed by atoms with van der Waals surface area (Å²) in [4.78, 5) is 14.4. The summed E-state index contributed by atoms with van der Waals surface area (Å²) in [5.74, 6) is 0.0761. The van der Waals surface area contributed by atoms with Crippen molar-refractivity contribution < 1.29 is 4.79 Å². The van der Waals surface area contributed by atoms with Gasteiger partial charge in [-0.1, -0.05) is 42.5 Å². The van der Waals surface area contributed by atoms with E-state index in [1.165, 1.54) is 30.4 Å². The van der Waals surface area contributed by atoms with Gasteiger partial charge in [-0.2, -0.15) is 0 Å². The molecular formula is C20H24N2O. The van der Waals surface area contributed by atoms with Crippen LogP contribution < -0.4 is 5.32 Å². The number of hydrogen-bond acceptors (Lipinski definition) is 2. The molecule has 0 bridgehead atoms. The van der Waals surface area contributed by atoms with Crippen LogP contribution in [-0.2, 0) is 11.2 Å². The zero-order valence-corrected chi connectivity index (χ0v) is 13.7. The number of amides is 1. The van der Waals surface area contributed by atoms with Crippen molar-refractivity contribution in [2.45, 2.75) is 31.7 Å². The SMILES string of the molecule is CN(CCC(=O)Nc1ccccc1)C1CCCc2ccccc21. The molecule has 3 nitrogen and oxygen atoms in total. The second-order valence-electron chi connectivity index (χ2n) is 6.25. The molecule has 0 fully saturated rings. The zero-order chi connectivity index (χ0) is 16.1. The van der Waals surface area contributed by atoms with E-state index in [9.17, 15) is 4.79 Å². The number of carbonyl (C=O) groups is 1. The van der Waals surface area contributed by atoms with Crippen LogP contribution in [0.15, 0.2) is 54.6 Å². The number of carbonyl (C=O) groups excluding carboxylic acids is 1. The fourth-order valence-corrected chi connectivity index (χ4v) is 3.36. The number of nitrogens with one attached hydrogen (secondary N) is 1. The van der Waals surface area contributed by atoms with E-state index in [0.29, 0.717) is 12.5 Å². The molecule has 1 aliphatic carbocycles. The van der Waals surface area contributed by atoms with Crippen molar-refractivity contribution in [3.8, 4) is 0 Å².